The van der Waals surface area contributed by atoms with Crippen LogP contribution in [0.3, 0.4) is 0 Å². The molecular formula is C34H39N5O3. The largest absolute Gasteiger partial charge is 0.361 e. The van der Waals surface area contributed by atoms with Gasteiger partial charge in [-0.1, -0.05) is 55.5 Å². The number of hydrogen-bond acceptors (Lipinski definition) is 4. The maximum Gasteiger partial charge on any atom is 0.253 e. The van der Waals surface area contributed by atoms with Crippen LogP contribution in [0.1, 0.15) is 60.0 Å². The van der Waals surface area contributed by atoms with E-state index >= 15 is 0 Å². The third kappa shape index (κ3) is 6.89. The number of rotatable bonds is 10. The smallest absolute Gasteiger partial charge is 0.253 e. The van der Waals surface area contributed by atoms with Gasteiger partial charge in [-0.05, 0) is 66.6 Å². The molecule has 2 atom stereocenters. The average Bonchev–Trinajstić information content (AvgIpc) is 3.47. The van der Waals surface area contributed by atoms with E-state index in [-0.39, 0.29) is 23.6 Å². The number of nitrogens with one attached hydrogen (secondary N) is 3. The zero-order valence-corrected chi connectivity index (χ0v) is 24.0. The number of hydrogen-bond donors (Lipinski definition) is 4. The van der Waals surface area contributed by atoms with Gasteiger partial charge < -0.3 is 26.3 Å². The van der Waals surface area contributed by atoms with Crippen LogP contribution < -0.4 is 16.4 Å². The number of piperidine rings is 1. The molecular weight excluding hydrogens is 526 g/mol. The van der Waals surface area contributed by atoms with Crippen molar-refractivity contribution in [2.45, 2.75) is 51.1 Å². The lowest BCUT2D eigenvalue weighted by molar-refractivity contribution is -0.127. The van der Waals surface area contributed by atoms with Gasteiger partial charge in [0.2, 0.25) is 11.8 Å². The molecule has 218 valence electrons. The Hall–Kier alpha value is -4.43. The molecule has 1 aliphatic rings. The number of carbonyl (C=O) groups excluding carboxylic acids is 3. The standard InChI is InChI=1S/C34H39N5O3/c1-23(29-22-36-30-13-6-5-12-28(29)30)32(33(41)37-27-11-7-8-25(20-27)21-35)38-31(40)15-14-24-16-18-39(19-17-24)34(42)26-9-3-2-4-10-26/h2-13,20,22-24,32,36H,14-19,21,35H2,1H3,(H,37,41)(H,38,40)/t23-,32+/m0/s1. The van der Waals surface area contributed by atoms with E-state index in [1.807, 2.05) is 96.9 Å². The molecule has 0 bridgehead atoms. The number of H-pyrrole nitrogens is 1. The molecule has 1 saturated heterocycles. The van der Waals surface area contributed by atoms with Crippen molar-refractivity contribution < 1.29 is 14.4 Å². The Morgan fingerprint density at radius 2 is 1.71 bits per heavy atom. The minimum absolute atomic E-state index is 0.0592. The second-order valence-corrected chi connectivity index (χ2v) is 11.2. The van der Waals surface area contributed by atoms with E-state index in [0.717, 1.165) is 34.9 Å². The van der Waals surface area contributed by atoms with Gasteiger partial charge in [0.15, 0.2) is 0 Å². The Kier molecular flexibility index (Phi) is 9.34. The highest BCUT2D eigenvalue weighted by molar-refractivity contribution is 5.98. The molecule has 1 aromatic heterocycles. The lowest BCUT2D eigenvalue weighted by Gasteiger charge is -2.32. The monoisotopic (exact) mass is 565 g/mol. The van der Waals surface area contributed by atoms with Gasteiger partial charge >= 0.3 is 0 Å². The van der Waals surface area contributed by atoms with E-state index in [1.54, 1.807) is 0 Å². The summed E-state index contributed by atoms with van der Waals surface area (Å²) >= 11 is 0. The fraction of sp³-hybridized carbons (Fsp3) is 0.324. The first kappa shape index (κ1) is 29.1. The van der Waals surface area contributed by atoms with Crippen LogP contribution in [0, 0.1) is 5.92 Å². The first-order valence-electron chi connectivity index (χ1n) is 14.7. The minimum atomic E-state index is -0.774. The molecule has 3 aromatic carbocycles. The van der Waals surface area contributed by atoms with Crippen molar-refractivity contribution in [3.05, 3.63) is 102 Å². The van der Waals surface area contributed by atoms with Crippen LogP contribution in [0.2, 0.25) is 0 Å². The number of nitrogens with zero attached hydrogens (tertiary/aromatic N) is 1. The number of para-hydroxylation sites is 1. The van der Waals surface area contributed by atoms with E-state index < -0.39 is 6.04 Å². The van der Waals surface area contributed by atoms with Gasteiger partial charge in [-0.3, -0.25) is 14.4 Å². The molecule has 0 spiro atoms. The lowest BCUT2D eigenvalue weighted by atomic mass is 9.90. The SMILES string of the molecule is C[C@@H](c1c[nH]c2ccccc12)[C@@H](NC(=O)CCC1CCN(C(=O)c2ccccc2)CC1)C(=O)Nc1cccc(CN)c1. The van der Waals surface area contributed by atoms with Crippen molar-refractivity contribution in [3.63, 3.8) is 0 Å². The fourth-order valence-electron chi connectivity index (χ4n) is 5.83. The number of amides is 3. The van der Waals surface area contributed by atoms with Crippen LogP contribution in [-0.2, 0) is 16.1 Å². The minimum Gasteiger partial charge on any atom is -0.361 e. The molecule has 0 aliphatic carbocycles. The number of aromatic nitrogens is 1. The Bertz CT molecular complexity index is 1520. The molecule has 42 heavy (non-hydrogen) atoms. The molecule has 0 radical (unpaired) electrons. The molecule has 0 saturated carbocycles. The van der Waals surface area contributed by atoms with Crippen LogP contribution in [-0.4, -0.2) is 46.7 Å². The summed E-state index contributed by atoms with van der Waals surface area (Å²) in [5, 5.41) is 7.07. The normalized spacial score (nSPS) is 15.2. The van der Waals surface area contributed by atoms with Crippen LogP contribution >= 0.6 is 0 Å². The summed E-state index contributed by atoms with van der Waals surface area (Å²) in [6.07, 6.45) is 4.68. The highest BCUT2D eigenvalue weighted by Gasteiger charge is 2.30. The highest BCUT2D eigenvalue weighted by Crippen LogP contribution is 2.29. The van der Waals surface area contributed by atoms with Gasteiger partial charge in [-0.25, -0.2) is 0 Å². The maximum atomic E-state index is 13.6. The Labute approximate surface area is 246 Å². The van der Waals surface area contributed by atoms with E-state index in [4.69, 9.17) is 5.73 Å². The number of aromatic amines is 1. The van der Waals surface area contributed by atoms with Gasteiger partial charge in [-0.15, -0.1) is 0 Å². The molecule has 2 heterocycles. The molecule has 8 heteroatoms. The van der Waals surface area contributed by atoms with Gasteiger partial charge in [0.05, 0.1) is 0 Å². The van der Waals surface area contributed by atoms with Crippen LogP contribution in [0.5, 0.6) is 0 Å². The van der Waals surface area contributed by atoms with Crippen molar-refractivity contribution in [3.8, 4) is 0 Å². The quantitative estimate of drug-likeness (QED) is 0.212. The fourth-order valence-corrected chi connectivity index (χ4v) is 5.83. The summed E-state index contributed by atoms with van der Waals surface area (Å²) in [6.45, 7) is 3.71. The number of carbonyl (C=O) groups is 3. The van der Waals surface area contributed by atoms with Gasteiger partial charge in [0.1, 0.15) is 6.04 Å². The Balaban J connectivity index is 1.22. The second kappa shape index (κ2) is 13.5. The lowest BCUT2D eigenvalue weighted by Crippen LogP contribution is -2.47. The molecule has 1 fully saturated rings. The van der Waals surface area contributed by atoms with E-state index in [9.17, 15) is 14.4 Å². The third-order valence-electron chi connectivity index (χ3n) is 8.34. The molecule has 4 aromatic rings. The molecule has 0 unspecified atom stereocenters. The first-order chi connectivity index (χ1) is 20.4. The number of fused-ring (bicyclic) bond motifs is 1. The van der Waals surface area contributed by atoms with Crippen LogP contribution in [0.4, 0.5) is 5.69 Å². The summed E-state index contributed by atoms with van der Waals surface area (Å²) in [5.74, 6) is -0.296. The Morgan fingerprint density at radius 3 is 2.48 bits per heavy atom. The number of anilines is 1. The molecule has 3 amide bonds. The van der Waals surface area contributed by atoms with E-state index in [1.165, 1.54) is 0 Å². The van der Waals surface area contributed by atoms with Crippen molar-refractivity contribution >= 4 is 34.3 Å². The summed E-state index contributed by atoms with van der Waals surface area (Å²) < 4.78 is 0. The predicted octanol–water partition coefficient (Wildman–Crippen LogP) is 5.19. The molecule has 5 N–H and O–H groups in total. The second-order valence-electron chi connectivity index (χ2n) is 11.2. The van der Waals surface area contributed by atoms with Crippen LogP contribution in [0.15, 0.2) is 85.1 Å². The van der Waals surface area contributed by atoms with Gasteiger partial charge in [-0.2, -0.15) is 0 Å². The first-order valence-corrected chi connectivity index (χ1v) is 14.7. The molecule has 5 rings (SSSR count). The van der Waals surface area contributed by atoms with E-state index in [2.05, 4.69) is 15.6 Å². The molecule has 8 nitrogen and oxygen atoms in total. The van der Waals surface area contributed by atoms with Crippen LogP contribution in [0.25, 0.3) is 10.9 Å². The van der Waals surface area contributed by atoms with Gasteiger partial charge in [0.25, 0.3) is 5.91 Å². The summed E-state index contributed by atoms with van der Waals surface area (Å²) in [4.78, 5) is 44.9. The van der Waals surface area contributed by atoms with Crippen molar-refractivity contribution in [2.24, 2.45) is 11.7 Å². The maximum absolute atomic E-state index is 13.6. The third-order valence-corrected chi connectivity index (χ3v) is 8.34. The highest BCUT2D eigenvalue weighted by atomic mass is 16.2. The van der Waals surface area contributed by atoms with Crippen molar-refractivity contribution in [1.82, 2.24) is 15.2 Å². The summed E-state index contributed by atoms with van der Waals surface area (Å²) in [6, 6.07) is 24.0. The van der Waals surface area contributed by atoms with Crippen molar-refractivity contribution in [2.75, 3.05) is 18.4 Å². The average molecular weight is 566 g/mol. The zero-order chi connectivity index (χ0) is 29.5. The zero-order valence-electron chi connectivity index (χ0n) is 24.0. The van der Waals surface area contributed by atoms with E-state index in [0.29, 0.717) is 49.6 Å². The summed E-state index contributed by atoms with van der Waals surface area (Å²) in [5.41, 5.74) is 10.0. The number of benzene rings is 3. The topological polar surface area (TPSA) is 120 Å². The predicted molar refractivity (Wildman–Crippen MR) is 166 cm³/mol. The number of likely N-dealkylation sites (tertiary alicyclic amines) is 1. The Morgan fingerprint density at radius 1 is 0.976 bits per heavy atom. The molecule has 1 aliphatic heterocycles. The number of nitrogens with two attached hydrogens (primary N) is 1. The summed E-state index contributed by atoms with van der Waals surface area (Å²) in [7, 11) is 0. The van der Waals surface area contributed by atoms with Gasteiger partial charge in [0, 0.05) is 60.3 Å². The van der Waals surface area contributed by atoms with Crippen molar-refractivity contribution in [1.29, 1.82) is 0 Å².